The number of benzene rings is 1. The van der Waals surface area contributed by atoms with Crippen LogP contribution >= 0.6 is 11.8 Å². The van der Waals surface area contributed by atoms with Gasteiger partial charge in [0.1, 0.15) is 11.9 Å². The van der Waals surface area contributed by atoms with Gasteiger partial charge >= 0.3 is 0 Å². The molecule has 0 saturated carbocycles. The Morgan fingerprint density at radius 3 is 2.81 bits per heavy atom. The number of aromatic nitrogens is 2. The van der Waals surface area contributed by atoms with E-state index >= 15 is 0 Å². The van der Waals surface area contributed by atoms with Crippen molar-refractivity contribution in [2.75, 3.05) is 24.3 Å². The van der Waals surface area contributed by atoms with Crippen LogP contribution in [-0.2, 0) is 0 Å². The highest BCUT2D eigenvalue weighted by Gasteiger charge is 2.19. The lowest BCUT2D eigenvalue weighted by Gasteiger charge is -2.24. The molecule has 0 aliphatic carbocycles. The second-order valence-corrected chi connectivity index (χ2v) is 6.20. The van der Waals surface area contributed by atoms with Crippen molar-refractivity contribution < 1.29 is 9.47 Å². The third-order valence-electron chi connectivity index (χ3n) is 3.53. The molecule has 21 heavy (non-hydrogen) atoms. The van der Waals surface area contributed by atoms with Crippen LogP contribution in [0.25, 0.3) is 11.3 Å². The number of nitrogens with zero attached hydrogens (tertiary/aromatic N) is 1. The van der Waals surface area contributed by atoms with Crippen LogP contribution in [0.4, 0.5) is 5.82 Å². The Bertz CT molecular complexity index is 609. The van der Waals surface area contributed by atoms with Crippen molar-refractivity contribution in [2.45, 2.75) is 18.9 Å². The summed E-state index contributed by atoms with van der Waals surface area (Å²) in [6.07, 6.45) is 2.42. The third kappa shape index (κ3) is 3.10. The van der Waals surface area contributed by atoms with Crippen molar-refractivity contribution in [1.82, 2.24) is 10.2 Å². The summed E-state index contributed by atoms with van der Waals surface area (Å²) in [6.45, 7) is 0. The zero-order valence-electron chi connectivity index (χ0n) is 12.0. The van der Waals surface area contributed by atoms with E-state index in [1.807, 2.05) is 30.0 Å². The molecule has 1 aliphatic rings. The highest BCUT2D eigenvalue weighted by Crippen LogP contribution is 2.38. The Balaban J connectivity index is 1.90. The summed E-state index contributed by atoms with van der Waals surface area (Å²) in [5, 5.41) is 6.88. The average Bonchev–Trinajstić information content (AvgIpc) is 2.94. The molecular weight excluding hydrogens is 286 g/mol. The van der Waals surface area contributed by atoms with Gasteiger partial charge in [0.05, 0.1) is 12.8 Å². The van der Waals surface area contributed by atoms with Crippen LogP contribution in [0.1, 0.15) is 12.8 Å². The minimum atomic E-state index is 0.266. The maximum Gasteiger partial charge on any atom is 0.170 e. The quantitative estimate of drug-likeness (QED) is 0.908. The monoisotopic (exact) mass is 305 g/mol. The van der Waals surface area contributed by atoms with Gasteiger partial charge in [0.15, 0.2) is 11.5 Å². The van der Waals surface area contributed by atoms with E-state index in [2.05, 4.69) is 10.2 Å². The van der Waals surface area contributed by atoms with E-state index in [4.69, 9.17) is 15.2 Å². The summed E-state index contributed by atoms with van der Waals surface area (Å²) in [7, 11) is 1.65. The first-order valence-corrected chi connectivity index (χ1v) is 8.16. The normalized spacial score (nSPS) is 15.9. The molecule has 0 atom stereocenters. The van der Waals surface area contributed by atoms with Gasteiger partial charge in [-0.05, 0) is 36.5 Å². The molecule has 0 unspecified atom stereocenters. The molecule has 0 radical (unpaired) electrons. The molecular formula is C15H19N3O2S. The van der Waals surface area contributed by atoms with Crippen LogP contribution in [0, 0.1) is 0 Å². The van der Waals surface area contributed by atoms with Crippen molar-refractivity contribution in [2.24, 2.45) is 0 Å². The number of anilines is 1. The Labute approximate surface area is 128 Å². The van der Waals surface area contributed by atoms with Crippen LogP contribution in [0.15, 0.2) is 24.3 Å². The second-order valence-electron chi connectivity index (χ2n) is 4.97. The van der Waals surface area contributed by atoms with E-state index in [0.717, 1.165) is 47.1 Å². The van der Waals surface area contributed by atoms with E-state index in [0.29, 0.717) is 5.82 Å². The number of nitrogens with one attached hydrogen (secondary N) is 1. The number of nitrogens with two attached hydrogens (primary N) is 1. The van der Waals surface area contributed by atoms with E-state index in [1.165, 1.54) is 0 Å². The molecule has 0 spiro atoms. The van der Waals surface area contributed by atoms with Crippen LogP contribution in [0.2, 0.25) is 0 Å². The van der Waals surface area contributed by atoms with Crippen LogP contribution < -0.4 is 15.2 Å². The molecule has 2 aromatic rings. The van der Waals surface area contributed by atoms with Crippen molar-refractivity contribution in [3.8, 4) is 22.8 Å². The number of rotatable bonds is 4. The van der Waals surface area contributed by atoms with Gasteiger partial charge in [-0.1, -0.05) is 6.07 Å². The first kappa shape index (κ1) is 14.1. The Hall–Kier alpha value is -1.82. The number of hydrogen-bond donors (Lipinski definition) is 2. The van der Waals surface area contributed by atoms with Gasteiger partial charge in [0, 0.05) is 11.6 Å². The van der Waals surface area contributed by atoms with Gasteiger partial charge in [0.2, 0.25) is 0 Å². The maximum absolute atomic E-state index is 6.14. The summed E-state index contributed by atoms with van der Waals surface area (Å²) in [5.41, 5.74) is 7.41. The minimum Gasteiger partial charge on any atom is -0.492 e. The number of nitrogen functional groups attached to an aromatic ring is 1. The zero-order valence-corrected chi connectivity index (χ0v) is 12.8. The molecule has 1 aromatic carbocycles. The van der Waals surface area contributed by atoms with Crippen molar-refractivity contribution >= 4 is 17.6 Å². The Kier molecular flexibility index (Phi) is 4.24. The molecule has 1 aliphatic heterocycles. The predicted molar refractivity (Wildman–Crippen MR) is 86.0 cm³/mol. The SMILES string of the molecule is COc1c(OC2CCSCC2)cccc1-c1cc(N)n[nH]1. The fraction of sp³-hybridized carbons (Fsp3) is 0.400. The first-order chi connectivity index (χ1) is 10.3. The average molecular weight is 305 g/mol. The molecule has 3 rings (SSSR count). The number of hydrogen-bond acceptors (Lipinski definition) is 5. The van der Waals surface area contributed by atoms with Crippen LogP contribution in [-0.4, -0.2) is 34.9 Å². The number of H-pyrrole nitrogens is 1. The van der Waals surface area contributed by atoms with E-state index in [-0.39, 0.29) is 6.10 Å². The highest BCUT2D eigenvalue weighted by molar-refractivity contribution is 7.99. The van der Waals surface area contributed by atoms with Crippen molar-refractivity contribution in [1.29, 1.82) is 0 Å². The van der Waals surface area contributed by atoms with E-state index in [1.54, 1.807) is 13.2 Å². The van der Waals surface area contributed by atoms with Gasteiger partial charge in [0.25, 0.3) is 0 Å². The molecule has 0 amide bonds. The summed E-state index contributed by atoms with van der Waals surface area (Å²) >= 11 is 1.98. The lowest BCUT2D eigenvalue weighted by Crippen LogP contribution is -2.22. The number of aromatic amines is 1. The molecule has 3 N–H and O–H groups in total. The highest BCUT2D eigenvalue weighted by atomic mass is 32.2. The van der Waals surface area contributed by atoms with Gasteiger partial charge < -0.3 is 15.2 Å². The fourth-order valence-electron chi connectivity index (χ4n) is 2.48. The first-order valence-electron chi connectivity index (χ1n) is 7.00. The van der Waals surface area contributed by atoms with Crippen molar-refractivity contribution in [3.63, 3.8) is 0 Å². The van der Waals surface area contributed by atoms with Gasteiger partial charge in [-0.3, -0.25) is 5.10 Å². The van der Waals surface area contributed by atoms with Gasteiger partial charge in [-0.2, -0.15) is 16.9 Å². The van der Waals surface area contributed by atoms with Gasteiger partial charge in [-0.15, -0.1) is 0 Å². The number of ether oxygens (including phenoxy) is 2. The molecule has 0 bridgehead atoms. The maximum atomic E-state index is 6.14. The van der Waals surface area contributed by atoms with Crippen LogP contribution in [0.5, 0.6) is 11.5 Å². The molecule has 1 aromatic heterocycles. The zero-order chi connectivity index (χ0) is 14.7. The Morgan fingerprint density at radius 1 is 1.33 bits per heavy atom. The standard InChI is InChI=1S/C15H19N3O2S/c1-19-15-11(12-9-14(16)18-17-12)3-2-4-13(15)20-10-5-7-21-8-6-10/h2-4,9-10H,5-8H2,1H3,(H3,16,17,18). The molecule has 1 fully saturated rings. The van der Waals surface area contributed by atoms with E-state index < -0.39 is 0 Å². The molecule has 1 saturated heterocycles. The van der Waals surface area contributed by atoms with Gasteiger partial charge in [-0.25, -0.2) is 0 Å². The number of methoxy groups -OCH3 is 1. The molecule has 6 heteroatoms. The third-order valence-corrected chi connectivity index (χ3v) is 4.58. The number of para-hydroxylation sites is 1. The molecule has 2 heterocycles. The second kappa shape index (κ2) is 6.30. The largest absolute Gasteiger partial charge is 0.492 e. The molecule has 5 nitrogen and oxygen atoms in total. The topological polar surface area (TPSA) is 73.2 Å². The lowest BCUT2D eigenvalue weighted by molar-refractivity contribution is 0.185. The predicted octanol–water partition coefficient (Wildman–Crippen LogP) is 2.94. The summed E-state index contributed by atoms with van der Waals surface area (Å²) < 4.78 is 11.7. The summed E-state index contributed by atoms with van der Waals surface area (Å²) in [6, 6.07) is 7.67. The summed E-state index contributed by atoms with van der Waals surface area (Å²) in [4.78, 5) is 0. The fourth-order valence-corrected chi connectivity index (χ4v) is 3.54. The molecule has 112 valence electrons. The van der Waals surface area contributed by atoms with Crippen molar-refractivity contribution in [3.05, 3.63) is 24.3 Å². The van der Waals surface area contributed by atoms with Crippen LogP contribution in [0.3, 0.4) is 0 Å². The number of thioether (sulfide) groups is 1. The van der Waals surface area contributed by atoms with E-state index in [9.17, 15) is 0 Å². The summed E-state index contributed by atoms with van der Waals surface area (Å²) in [5.74, 6) is 4.27. The Morgan fingerprint density at radius 2 is 2.14 bits per heavy atom. The minimum absolute atomic E-state index is 0.266. The lowest BCUT2D eigenvalue weighted by atomic mass is 10.1. The smallest absolute Gasteiger partial charge is 0.170 e.